The number of unbranched alkanes of at least 4 members (excludes halogenated alkanes) is 24. The molecular weight excluding hydrogens is 432 g/mol. The number of hydrogen-bond acceptors (Lipinski definition) is 0. The van der Waals surface area contributed by atoms with Crippen molar-refractivity contribution in [3.63, 3.8) is 0 Å². The minimum atomic E-state index is 0.758. The van der Waals surface area contributed by atoms with Crippen LogP contribution in [0.25, 0.3) is 0 Å². The Labute approximate surface area is 231 Å². The van der Waals surface area contributed by atoms with Gasteiger partial charge in [0.25, 0.3) is 0 Å². The van der Waals surface area contributed by atoms with Crippen molar-refractivity contribution in [1.82, 2.24) is 0 Å². The molecule has 1 rings (SSSR count). The summed E-state index contributed by atoms with van der Waals surface area (Å²) in [6.45, 7) is 4.63. The Kier molecular flexibility index (Phi) is 25.1. The zero-order valence-electron chi connectivity index (χ0n) is 25.8. The van der Waals surface area contributed by atoms with E-state index in [2.05, 4.69) is 13.8 Å². The van der Waals surface area contributed by atoms with Gasteiger partial charge in [-0.25, -0.2) is 0 Å². The SMILES string of the molecule is CCCCCCCCCCCCCCCC1(CCCCCCCCCCCCCCC)CCCCC1. The molecule has 0 spiro atoms. The first-order valence-corrected chi connectivity index (χ1v) is 17.8. The Balaban J connectivity index is 1.95. The average molecular weight is 505 g/mol. The quantitative estimate of drug-likeness (QED) is 0.0929. The molecule has 1 aliphatic rings. The fraction of sp³-hybridized carbons (Fsp3) is 1.00. The van der Waals surface area contributed by atoms with Gasteiger partial charge in [0.05, 0.1) is 0 Å². The van der Waals surface area contributed by atoms with Crippen LogP contribution in [0.4, 0.5) is 0 Å². The van der Waals surface area contributed by atoms with Crippen molar-refractivity contribution in [2.75, 3.05) is 0 Å². The van der Waals surface area contributed by atoms with E-state index in [1.165, 1.54) is 186 Å². The molecule has 1 fully saturated rings. The van der Waals surface area contributed by atoms with Crippen LogP contribution in [0.1, 0.15) is 226 Å². The van der Waals surface area contributed by atoms with Crippen molar-refractivity contribution in [1.29, 1.82) is 0 Å². The van der Waals surface area contributed by atoms with Gasteiger partial charge in [-0.2, -0.15) is 0 Å². The third-order valence-corrected chi connectivity index (χ3v) is 9.54. The van der Waals surface area contributed by atoms with Crippen LogP contribution < -0.4 is 0 Å². The smallest absolute Gasteiger partial charge is 0.0297 e. The zero-order chi connectivity index (χ0) is 25.8. The van der Waals surface area contributed by atoms with Gasteiger partial charge in [-0.3, -0.25) is 0 Å². The van der Waals surface area contributed by atoms with E-state index in [-0.39, 0.29) is 0 Å². The summed E-state index contributed by atoms with van der Waals surface area (Å²) in [6.07, 6.45) is 49.4. The normalized spacial score (nSPS) is 15.5. The van der Waals surface area contributed by atoms with Gasteiger partial charge >= 0.3 is 0 Å². The first kappa shape index (κ1) is 34.0. The third-order valence-electron chi connectivity index (χ3n) is 9.54. The third kappa shape index (κ3) is 21.0. The van der Waals surface area contributed by atoms with Crippen molar-refractivity contribution >= 4 is 0 Å². The van der Waals surface area contributed by atoms with Gasteiger partial charge in [-0.1, -0.05) is 200 Å². The minimum Gasteiger partial charge on any atom is -0.0654 e. The minimum absolute atomic E-state index is 0.758. The molecule has 0 bridgehead atoms. The molecule has 0 unspecified atom stereocenters. The first-order valence-electron chi connectivity index (χ1n) is 17.8. The summed E-state index contributed by atoms with van der Waals surface area (Å²) in [4.78, 5) is 0. The standard InChI is InChI=1S/C36H72/c1-3-5-7-9-11-13-15-17-19-21-23-25-28-32-36(34-30-27-31-35-36)33-29-26-24-22-20-18-16-14-12-10-8-6-4-2/h3-35H2,1-2H3. The van der Waals surface area contributed by atoms with Crippen molar-refractivity contribution in [2.24, 2.45) is 5.41 Å². The molecule has 0 nitrogen and oxygen atoms in total. The highest BCUT2D eigenvalue weighted by molar-refractivity contribution is 4.83. The first-order chi connectivity index (χ1) is 17.8. The van der Waals surface area contributed by atoms with E-state index in [0.29, 0.717) is 0 Å². The second-order valence-corrected chi connectivity index (χ2v) is 13.0. The molecule has 0 saturated heterocycles. The predicted molar refractivity (Wildman–Crippen MR) is 166 cm³/mol. The van der Waals surface area contributed by atoms with E-state index in [9.17, 15) is 0 Å². The molecule has 36 heavy (non-hydrogen) atoms. The summed E-state index contributed by atoms with van der Waals surface area (Å²) in [5.41, 5.74) is 0.758. The molecule has 0 aromatic rings. The van der Waals surface area contributed by atoms with Crippen LogP contribution >= 0.6 is 0 Å². The fourth-order valence-electron chi connectivity index (χ4n) is 6.96. The Bertz CT molecular complexity index is 372. The molecule has 0 radical (unpaired) electrons. The Hall–Kier alpha value is 0. The van der Waals surface area contributed by atoms with Crippen molar-refractivity contribution < 1.29 is 0 Å². The number of hydrogen-bond donors (Lipinski definition) is 0. The lowest BCUT2D eigenvalue weighted by Crippen LogP contribution is -2.24. The summed E-state index contributed by atoms with van der Waals surface area (Å²) in [6, 6.07) is 0. The highest BCUT2D eigenvalue weighted by Crippen LogP contribution is 2.44. The molecule has 1 aliphatic carbocycles. The maximum Gasteiger partial charge on any atom is -0.0297 e. The summed E-state index contributed by atoms with van der Waals surface area (Å²) < 4.78 is 0. The van der Waals surface area contributed by atoms with Crippen LogP contribution in [0, 0.1) is 5.41 Å². The maximum atomic E-state index is 2.31. The van der Waals surface area contributed by atoms with E-state index < -0.39 is 0 Å². The molecule has 0 aliphatic heterocycles. The molecule has 0 aromatic carbocycles. The molecule has 0 amide bonds. The van der Waals surface area contributed by atoms with Crippen LogP contribution in [-0.4, -0.2) is 0 Å². The Morgan fingerprint density at radius 1 is 0.306 bits per heavy atom. The molecule has 0 aromatic heterocycles. The molecule has 1 saturated carbocycles. The van der Waals surface area contributed by atoms with E-state index >= 15 is 0 Å². The van der Waals surface area contributed by atoms with Gasteiger partial charge in [0, 0.05) is 0 Å². The highest BCUT2D eigenvalue weighted by atomic mass is 14.4. The monoisotopic (exact) mass is 505 g/mol. The van der Waals surface area contributed by atoms with Gasteiger partial charge in [0.2, 0.25) is 0 Å². The topological polar surface area (TPSA) is 0 Å². The van der Waals surface area contributed by atoms with Crippen molar-refractivity contribution in [2.45, 2.75) is 226 Å². The van der Waals surface area contributed by atoms with Gasteiger partial charge < -0.3 is 0 Å². The van der Waals surface area contributed by atoms with E-state index in [0.717, 1.165) is 5.41 Å². The van der Waals surface area contributed by atoms with Crippen LogP contribution in [0.15, 0.2) is 0 Å². The second-order valence-electron chi connectivity index (χ2n) is 13.0. The zero-order valence-corrected chi connectivity index (χ0v) is 25.8. The lowest BCUT2D eigenvalue weighted by atomic mass is 9.68. The second kappa shape index (κ2) is 26.6. The summed E-state index contributed by atoms with van der Waals surface area (Å²) in [7, 11) is 0. The van der Waals surface area contributed by atoms with Gasteiger partial charge in [-0.05, 0) is 31.1 Å². The fourth-order valence-corrected chi connectivity index (χ4v) is 6.96. The average Bonchev–Trinajstić information content (AvgIpc) is 2.90. The summed E-state index contributed by atoms with van der Waals surface area (Å²) >= 11 is 0. The van der Waals surface area contributed by atoms with Crippen molar-refractivity contribution in [3.8, 4) is 0 Å². The van der Waals surface area contributed by atoms with Gasteiger partial charge in [0.1, 0.15) is 0 Å². The summed E-state index contributed by atoms with van der Waals surface area (Å²) in [5, 5.41) is 0. The predicted octanol–water partition coefficient (Wildman–Crippen LogP) is 13.9. The highest BCUT2D eigenvalue weighted by Gasteiger charge is 2.30. The van der Waals surface area contributed by atoms with Crippen molar-refractivity contribution in [3.05, 3.63) is 0 Å². The van der Waals surface area contributed by atoms with E-state index in [1.807, 2.05) is 0 Å². The maximum absolute atomic E-state index is 2.31. The molecular formula is C36H72. The van der Waals surface area contributed by atoms with Crippen LogP contribution in [0.2, 0.25) is 0 Å². The Morgan fingerprint density at radius 2 is 0.556 bits per heavy atom. The van der Waals surface area contributed by atoms with E-state index in [4.69, 9.17) is 0 Å². The summed E-state index contributed by atoms with van der Waals surface area (Å²) in [5.74, 6) is 0. The molecule has 216 valence electrons. The molecule has 0 heterocycles. The molecule has 0 N–H and O–H groups in total. The lowest BCUT2D eigenvalue weighted by Gasteiger charge is -2.38. The van der Waals surface area contributed by atoms with E-state index in [1.54, 1.807) is 25.7 Å². The van der Waals surface area contributed by atoms with Crippen LogP contribution in [0.3, 0.4) is 0 Å². The molecule has 0 atom stereocenters. The lowest BCUT2D eigenvalue weighted by molar-refractivity contribution is 0.146. The molecule has 0 heteroatoms. The number of rotatable bonds is 28. The van der Waals surface area contributed by atoms with Crippen LogP contribution in [-0.2, 0) is 0 Å². The largest absolute Gasteiger partial charge is 0.0654 e. The Morgan fingerprint density at radius 3 is 0.833 bits per heavy atom. The van der Waals surface area contributed by atoms with Crippen LogP contribution in [0.5, 0.6) is 0 Å². The van der Waals surface area contributed by atoms with Gasteiger partial charge in [0.15, 0.2) is 0 Å². The van der Waals surface area contributed by atoms with Gasteiger partial charge in [-0.15, -0.1) is 0 Å².